The molecule has 0 aromatic carbocycles. The van der Waals surface area contributed by atoms with Gasteiger partial charge in [-0.05, 0) is 6.92 Å². The standard InChI is InChI=1S/C19H26N8O5S2/c1-3-32-24-11(14-23-19(20)34-25-14)15(28)22-12-16(29)26-13(18(30)31)10(9-33-17(12)26)8-27(2)6-4-21-5-7-27/h12,17,21H,3-9H2,1-2H3,(H3-,20,22,23,25,28,30,31)/t12-,17-/m1/s1. The summed E-state index contributed by atoms with van der Waals surface area (Å²) in [5, 5.41) is 21.3. The highest BCUT2D eigenvalue weighted by molar-refractivity contribution is 8.00. The normalized spacial score (nSPS) is 24.4. The van der Waals surface area contributed by atoms with Crippen molar-refractivity contribution in [3.63, 3.8) is 0 Å². The lowest BCUT2D eigenvalue weighted by Gasteiger charge is -2.51. The number of quaternary nitrogens is 1. The molecule has 4 rings (SSSR count). The fraction of sp³-hybridized carbons (Fsp3) is 0.579. The summed E-state index contributed by atoms with van der Waals surface area (Å²) in [6, 6.07) is -0.930. The van der Waals surface area contributed by atoms with Crippen LogP contribution in [0.1, 0.15) is 12.7 Å². The van der Waals surface area contributed by atoms with Gasteiger partial charge in [0.05, 0.1) is 31.8 Å². The molecule has 0 radical (unpaired) electrons. The Hall–Kier alpha value is -2.75. The van der Waals surface area contributed by atoms with E-state index in [1.807, 2.05) is 0 Å². The third-order valence-electron chi connectivity index (χ3n) is 5.91. The van der Waals surface area contributed by atoms with Crippen molar-refractivity contribution in [3.05, 3.63) is 17.1 Å². The van der Waals surface area contributed by atoms with Gasteiger partial charge in [-0.25, -0.2) is 0 Å². The van der Waals surface area contributed by atoms with Crippen molar-refractivity contribution in [2.75, 3.05) is 57.9 Å². The number of β-lactam (4-membered cyclic amide) rings is 1. The number of anilines is 1. The SMILES string of the molecule is CCON=C(C(=O)N[C@@H]1C(=O)N2C(C(=O)[O-])=C(C[N+]3(C)CCNCC3)CS[C@H]12)c1nsc(N)n1. The van der Waals surface area contributed by atoms with Gasteiger partial charge in [-0.15, -0.1) is 11.8 Å². The van der Waals surface area contributed by atoms with E-state index in [9.17, 15) is 19.5 Å². The Kier molecular flexibility index (Phi) is 7.06. The number of likely N-dealkylation sites (N-methyl/N-ethyl adjacent to an activating group) is 1. The molecule has 4 heterocycles. The zero-order chi connectivity index (χ0) is 24.5. The molecule has 184 valence electrons. The lowest BCUT2D eigenvalue weighted by molar-refractivity contribution is -0.906. The number of piperazine rings is 1. The maximum Gasteiger partial charge on any atom is 0.278 e. The number of carbonyl (C=O) groups is 3. The molecule has 0 spiro atoms. The van der Waals surface area contributed by atoms with Crippen molar-refractivity contribution in [1.29, 1.82) is 0 Å². The van der Waals surface area contributed by atoms with Gasteiger partial charge < -0.3 is 35.6 Å². The molecular formula is C19H26N8O5S2. The monoisotopic (exact) mass is 510 g/mol. The van der Waals surface area contributed by atoms with Gasteiger partial charge >= 0.3 is 0 Å². The summed E-state index contributed by atoms with van der Waals surface area (Å²) >= 11 is 2.30. The predicted octanol–water partition coefficient (Wildman–Crippen LogP) is -2.69. The Morgan fingerprint density at radius 3 is 2.76 bits per heavy atom. The first kappa shape index (κ1) is 24.4. The number of oxime groups is 1. The molecule has 0 unspecified atom stereocenters. The maximum atomic E-state index is 13.0. The van der Waals surface area contributed by atoms with E-state index in [2.05, 4.69) is 32.2 Å². The van der Waals surface area contributed by atoms with Crippen molar-refractivity contribution in [2.45, 2.75) is 18.3 Å². The number of nitrogen functional groups attached to an aromatic ring is 1. The fourth-order valence-corrected chi connectivity index (χ4v) is 5.97. The lowest BCUT2D eigenvalue weighted by Crippen LogP contribution is -2.72. The first-order valence-electron chi connectivity index (χ1n) is 10.8. The Bertz CT molecular complexity index is 1050. The van der Waals surface area contributed by atoms with E-state index >= 15 is 0 Å². The van der Waals surface area contributed by atoms with Gasteiger partial charge in [0.25, 0.3) is 11.8 Å². The molecule has 0 saturated carbocycles. The van der Waals surface area contributed by atoms with Crippen molar-refractivity contribution >= 4 is 51.9 Å². The average Bonchev–Trinajstić information content (AvgIpc) is 3.23. The second kappa shape index (κ2) is 9.85. The Labute approximate surface area is 204 Å². The summed E-state index contributed by atoms with van der Waals surface area (Å²) in [4.78, 5) is 48.1. The maximum absolute atomic E-state index is 13.0. The molecule has 4 N–H and O–H groups in total. The quantitative estimate of drug-likeness (QED) is 0.145. The third-order valence-corrected chi connectivity index (χ3v) is 7.79. The Morgan fingerprint density at radius 1 is 1.41 bits per heavy atom. The summed E-state index contributed by atoms with van der Waals surface area (Å²) < 4.78 is 4.67. The molecule has 1 aromatic rings. The number of amides is 2. The first-order valence-corrected chi connectivity index (χ1v) is 12.6. The summed E-state index contributed by atoms with van der Waals surface area (Å²) in [5.41, 5.74) is 5.98. The number of fused-ring (bicyclic) bond motifs is 1. The van der Waals surface area contributed by atoms with E-state index in [-0.39, 0.29) is 29.0 Å². The van der Waals surface area contributed by atoms with E-state index < -0.39 is 29.2 Å². The third kappa shape index (κ3) is 4.73. The number of carbonyl (C=O) groups excluding carboxylic acids is 3. The molecule has 2 fully saturated rings. The van der Waals surface area contributed by atoms with Crippen molar-refractivity contribution in [2.24, 2.45) is 5.16 Å². The number of carboxylic acid groups (broad SMARTS) is 1. The van der Waals surface area contributed by atoms with Gasteiger partial charge in [0.2, 0.25) is 11.5 Å². The zero-order valence-electron chi connectivity index (χ0n) is 18.8. The van der Waals surface area contributed by atoms with Gasteiger partial charge in [-0.2, -0.15) is 9.36 Å². The van der Waals surface area contributed by atoms with Crippen molar-refractivity contribution in [3.8, 4) is 0 Å². The molecule has 2 saturated heterocycles. The minimum atomic E-state index is -1.39. The molecule has 13 nitrogen and oxygen atoms in total. The predicted molar refractivity (Wildman–Crippen MR) is 123 cm³/mol. The van der Waals surface area contributed by atoms with E-state index in [0.717, 1.165) is 37.7 Å². The van der Waals surface area contributed by atoms with Gasteiger partial charge in [-0.3, -0.25) is 14.5 Å². The number of carboxylic acids is 1. The topological polar surface area (TPSA) is 175 Å². The van der Waals surface area contributed by atoms with Crippen LogP contribution in [0.3, 0.4) is 0 Å². The smallest absolute Gasteiger partial charge is 0.278 e. The van der Waals surface area contributed by atoms with Crippen LogP contribution < -0.4 is 21.5 Å². The fourth-order valence-electron chi connectivity index (χ4n) is 4.20. The molecule has 1 aromatic heterocycles. The van der Waals surface area contributed by atoms with Crippen molar-refractivity contribution in [1.82, 2.24) is 24.9 Å². The summed E-state index contributed by atoms with van der Waals surface area (Å²) in [7, 11) is 2.08. The number of aromatic nitrogens is 2. The number of hydrogen-bond acceptors (Lipinski definition) is 12. The zero-order valence-corrected chi connectivity index (χ0v) is 20.4. The largest absolute Gasteiger partial charge is 0.543 e. The van der Waals surface area contributed by atoms with Crippen LogP contribution in [0.2, 0.25) is 0 Å². The van der Waals surface area contributed by atoms with Crippen LogP contribution in [0.25, 0.3) is 0 Å². The van der Waals surface area contributed by atoms with Crippen LogP contribution in [-0.4, -0.2) is 106 Å². The van der Waals surface area contributed by atoms with E-state index in [4.69, 9.17) is 10.6 Å². The number of nitrogens with zero attached hydrogens (tertiary/aromatic N) is 5. The Balaban J connectivity index is 1.51. The second-order valence-electron chi connectivity index (χ2n) is 8.39. The van der Waals surface area contributed by atoms with Crippen molar-refractivity contribution < 1.29 is 28.8 Å². The molecule has 15 heteroatoms. The van der Waals surface area contributed by atoms with Gasteiger partial charge in [0, 0.05) is 35.9 Å². The first-order chi connectivity index (χ1) is 16.2. The van der Waals surface area contributed by atoms with Gasteiger partial charge in [0.1, 0.15) is 24.6 Å². The Morgan fingerprint density at radius 2 is 2.15 bits per heavy atom. The van der Waals surface area contributed by atoms with E-state index in [1.165, 1.54) is 16.7 Å². The highest BCUT2D eigenvalue weighted by Gasteiger charge is 2.53. The van der Waals surface area contributed by atoms with Gasteiger partial charge in [0.15, 0.2) is 5.13 Å². The molecule has 3 aliphatic rings. The number of nitrogens with two attached hydrogens (primary N) is 1. The number of nitrogens with one attached hydrogen (secondary N) is 2. The molecule has 2 amide bonds. The minimum absolute atomic E-state index is 0.0148. The van der Waals surface area contributed by atoms with Crippen LogP contribution in [0.4, 0.5) is 5.13 Å². The summed E-state index contributed by atoms with van der Waals surface area (Å²) in [5.74, 6) is -2.21. The van der Waals surface area contributed by atoms with Crippen LogP contribution in [0.15, 0.2) is 16.4 Å². The summed E-state index contributed by atoms with van der Waals surface area (Å²) in [6.45, 7) is 5.85. The lowest BCUT2D eigenvalue weighted by atomic mass is 10.0. The van der Waals surface area contributed by atoms with Crippen LogP contribution >= 0.6 is 23.3 Å². The molecule has 0 bridgehead atoms. The number of thioether (sulfide) groups is 1. The van der Waals surface area contributed by atoms with Gasteiger partial charge in [-0.1, -0.05) is 5.16 Å². The molecule has 3 aliphatic heterocycles. The average molecular weight is 511 g/mol. The highest BCUT2D eigenvalue weighted by Crippen LogP contribution is 2.40. The molecular weight excluding hydrogens is 484 g/mol. The van der Waals surface area contributed by atoms with Crippen LogP contribution in [-0.2, 0) is 19.2 Å². The van der Waals surface area contributed by atoms with Crippen LogP contribution in [0.5, 0.6) is 0 Å². The number of rotatable bonds is 8. The van der Waals surface area contributed by atoms with E-state index in [1.54, 1.807) is 6.92 Å². The number of aliphatic carboxylic acids is 1. The van der Waals surface area contributed by atoms with E-state index in [0.29, 0.717) is 22.4 Å². The molecule has 0 aliphatic carbocycles. The number of hydrogen-bond donors (Lipinski definition) is 3. The second-order valence-corrected chi connectivity index (χ2v) is 10.3. The molecule has 34 heavy (non-hydrogen) atoms. The van der Waals surface area contributed by atoms with Crippen LogP contribution in [0, 0.1) is 0 Å². The molecule has 2 atom stereocenters. The highest BCUT2D eigenvalue weighted by atomic mass is 32.2. The minimum Gasteiger partial charge on any atom is -0.543 e. The summed E-state index contributed by atoms with van der Waals surface area (Å²) in [6.07, 6.45) is 0.